The maximum Gasteiger partial charge on any atom is 0.307 e. The lowest BCUT2D eigenvalue weighted by Gasteiger charge is -2.30. The number of morpholine rings is 1. The van der Waals surface area contributed by atoms with Gasteiger partial charge in [-0.2, -0.15) is 0 Å². The van der Waals surface area contributed by atoms with Gasteiger partial charge in [0.25, 0.3) is 0 Å². The molecule has 2 fully saturated rings. The minimum atomic E-state index is -0.819. The van der Waals surface area contributed by atoms with Crippen LogP contribution in [0.4, 0.5) is 0 Å². The molecule has 0 aromatic heterocycles. The van der Waals surface area contributed by atoms with Crippen LogP contribution in [0.25, 0.3) is 0 Å². The van der Waals surface area contributed by atoms with Crippen molar-refractivity contribution in [2.24, 2.45) is 5.92 Å². The second kappa shape index (κ2) is 6.83. The molecule has 0 bridgehead atoms. The largest absolute Gasteiger partial charge is 0.481 e. The van der Waals surface area contributed by atoms with Crippen molar-refractivity contribution in [3.8, 4) is 0 Å². The van der Waals surface area contributed by atoms with Crippen LogP contribution in [0.15, 0.2) is 0 Å². The van der Waals surface area contributed by atoms with Crippen molar-refractivity contribution < 1.29 is 24.2 Å². The molecule has 2 aliphatic heterocycles. The standard InChI is InChI=1S/C12H20N2O5/c15-11(14-1-3-18-4-2-14)8-19-10-5-9(12(16)17)6-13-7-10/h9-10,13H,1-8H2,(H,16,17). The van der Waals surface area contributed by atoms with Crippen molar-refractivity contribution >= 4 is 11.9 Å². The van der Waals surface area contributed by atoms with E-state index >= 15 is 0 Å². The summed E-state index contributed by atoms with van der Waals surface area (Å²) in [5.41, 5.74) is 0. The first-order valence-corrected chi connectivity index (χ1v) is 6.57. The monoisotopic (exact) mass is 272 g/mol. The molecule has 19 heavy (non-hydrogen) atoms. The highest BCUT2D eigenvalue weighted by Crippen LogP contribution is 2.14. The van der Waals surface area contributed by atoms with Gasteiger partial charge in [0.15, 0.2) is 0 Å². The number of nitrogens with zero attached hydrogens (tertiary/aromatic N) is 1. The average molecular weight is 272 g/mol. The summed E-state index contributed by atoms with van der Waals surface area (Å²) in [5.74, 6) is -1.31. The summed E-state index contributed by atoms with van der Waals surface area (Å²) in [6, 6.07) is 0. The van der Waals surface area contributed by atoms with E-state index in [0.717, 1.165) is 0 Å². The third kappa shape index (κ3) is 4.15. The summed E-state index contributed by atoms with van der Waals surface area (Å²) < 4.78 is 10.7. The molecule has 2 atom stereocenters. The number of hydrogen-bond acceptors (Lipinski definition) is 5. The molecule has 1 amide bonds. The number of rotatable bonds is 4. The van der Waals surface area contributed by atoms with Gasteiger partial charge >= 0.3 is 5.97 Å². The molecular weight excluding hydrogens is 252 g/mol. The van der Waals surface area contributed by atoms with Crippen molar-refractivity contribution in [3.05, 3.63) is 0 Å². The topological polar surface area (TPSA) is 88.1 Å². The first-order chi connectivity index (χ1) is 9.16. The number of piperidine rings is 1. The number of amides is 1. The summed E-state index contributed by atoms with van der Waals surface area (Å²) in [7, 11) is 0. The SMILES string of the molecule is O=C(O)C1CNCC(OCC(=O)N2CCOCC2)C1. The normalized spacial score (nSPS) is 28.1. The highest BCUT2D eigenvalue weighted by atomic mass is 16.5. The molecule has 0 aromatic rings. The predicted octanol–water partition coefficient (Wildman–Crippen LogP) is -1.08. The first kappa shape index (κ1) is 14.2. The molecule has 0 aliphatic carbocycles. The fourth-order valence-electron chi connectivity index (χ4n) is 2.31. The maximum absolute atomic E-state index is 11.9. The Bertz CT molecular complexity index is 330. The summed E-state index contributed by atoms with van der Waals surface area (Å²) in [5, 5.41) is 12.0. The molecule has 2 rings (SSSR count). The van der Waals surface area contributed by atoms with Crippen molar-refractivity contribution in [1.82, 2.24) is 10.2 Å². The number of carbonyl (C=O) groups excluding carboxylic acids is 1. The number of carboxylic acids is 1. The van der Waals surface area contributed by atoms with Crippen molar-refractivity contribution in [3.63, 3.8) is 0 Å². The van der Waals surface area contributed by atoms with E-state index in [1.54, 1.807) is 4.90 Å². The van der Waals surface area contributed by atoms with Gasteiger partial charge in [-0.15, -0.1) is 0 Å². The number of carbonyl (C=O) groups is 2. The van der Waals surface area contributed by atoms with Crippen molar-refractivity contribution in [2.75, 3.05) is 46.0 Å². The quantitative estimate of drug-likeness (QED) is 0.677. The van der Waals surface area contributed by atoms with Gasteiger partial charge in [-0.1, -0.05) is 0 Å². The van der Waals surface area contributed by atoms with Gasteiger partial charge in [0, 0.05) is 26.2 Å². The molecule has 0 radical (unpaired) electrons. The number of aliphatic carboxylic acids is 1. The van der Waals surface area contributed by atoms with Gasteiger partial charge < -0.3 is 24.8 Å². The van der Waals surface area contributed by atoms with Gasteiger partial charge in [-0.3, -0.25) is 9.59 Å². The molecular formula is C12H20N2O5. The van der Waals surface area contributed by atoms with Crippen LogP contribution in [-0.4, -0.2) is 74.0 Å². The van der Waals surface area contributed by atoms with Crippen LogP contribution in [0.3, 0.4) is 0 Å². The van der Waals surface area contributed by atoms with Crippen LogP contribution in [0.1, 0.15) is 6.42 Å². The fourth-order valence-corrected chi connectivity index (χ4v) is 2.31. The van der Waals surface area contributed by atoms with Crippen LogP contribution in [0.5, 0.6) is 0 Å². The molecule has 108 valence electrons. The Balaban J connectivity index is 1.72. The van der Waals surface area contributed by atoms with Crippen LogP contribution in [0, 0.1) is 5.92 Å². The Morgan fingerprint density at radius 1 is 1.32 bits per heavy atom. The molecule has 0 aromatic carbocycles. The third-order valence-corrected chi connectivity index (χ3v) is 3.47. The Labute approximate surface area is 111 Å². The molecule has 2 N–H and O–H groups in total. The van der Waals surface area contributed by atoms with Crippen LogP contribution < -0.4 is 5.32 Å². The van der Waals surface area contributed by atoms with E-state index in [-0.39, 0.29) is 18.6 Å². The summed E-state index contributed by atoms with van der Waals surface area (Å²) in [4.78, 5) is 24.5. The zero-order valence-corrected chi connectivity index (χ0v) is 10.8. The zero-order valence-electron chi connectivity index (χ0n) is 10.8. The lowest BCUT2D eigenvalue weighted by atomic mass is 9.98. The number of nitrogens with one attached hydrogen (secondary N) is 1. The van der Waals surface area contributed by atoms with E-state index in [0.29, 0.717) is 45.8 Å². The lowest BCUT2D eigenvalue weighted by Crippen LogP contribution is -2.46. The first-order valence-electron chi connectivity index (χ1n) is 6.57. The van der Waals surface area contributed by atoms with Crippen LogP contribution in [0.2, 0.25) is 0 Å². The Kier molecular flexibility index (Phi) is 5.12. The minimum absolute atomic E-state index is 0.0126. The van der Waals surface area contributed by atoms with Gasteiger partial charge in [0.2, 0.25) is 5.91 Å². The Morgan fingerprint density at radius 2 is 2.05 bits per heavy atom. The van der Waals surface area contributed by atoms with E-state index in [1.165, 1.54) is 0 Å². The number of ether oxygens (including phenoxy) is 2. The van der Waals surface area contributed by atoms with Gasteiger partial charge in [0.1, 0.15) is 6.61 Å². The summed E-state index contributed by atoms with van der Waals surface area (Å²) in [6.07, 6.45) is 0.249. The fraction of sp³-hybridized carbons (Fsp3) is 0.833. The Hall–Kier alpha value is -1.18. The minimum Gasteiger partial charge on any atom is -0.481 e. The lowest BCUT2D eigenvalue weighted by molar-refractivity contribution is -0.146. The predicted molar refractivity (Wildman–Crippen MR) is 65.8 cm³/mol. The number of hydrogen-bond donors (Lipinski definition) is 2. The highest BCUT2D eigenvalue weighted by molar-refractivity contribution is 5.77. The highest BCUT2D eigenvalue weighted by Gasteiger charge is 2.28. The van der Waals surface area contributed by atoms with Crippen molar-refractivity contribution in [2.45, 2.75) is 12.5 Å². The zero-order chi connectivity index (χ0) is 13.7. The number of carboxylic acid groups (broad SMARTS) is 1. The third-order valence-electron chi connectivity index (χ3n) is 3.47. The molecule has 2 saturated heterocycles. The Morgan fingerprint density at radius 3 is 2.74 bits per heavy atom. The second-order valence-electron chi connectivity index (χ2n) is 4.86. The van der Waals surface area contributed by atoms with E-state index in [2.05, 4.69) is 5.32 Å². The molecule has 7 heteroatoms. The van der Waals surface area contributed by atoms with E-state index in [1.807, 2.05) is 0 Å². The smallest absolute Gasteiger partial charge is 0.307 e. The molecule has 2 aliphatic rings. The molecule has 7 nitrogen and oxygen atoms in total. The molecule has 0 saturated carbocycles. The van der Waals surface area contributed by atoms with Crippen LogP contribution >= 0.6 is 0 Å². The van der Waals surface area contributed by atoms with Crippen molar-refractivity contribution in [1.29, 1.82) is 0 Å². The van der Waals surface area contributed by atoms with E-state index in [9.17, 15) is 9.59 Å². The van der Waals surface area contributed by atoms with E-state index < -0.39 is 11.9 Å². The molecule has 2 heterocycles. The summed E-state index contributed by atoms with van der Waals surface area (Å²) in [6.45, 7) is 3.41. The average Bonchev–Trinajstić information content (AvgIpc) is 2.46. The van der Waals surface area contributed by atoms with Crippen LogP contribution in [-0.2, 0) is 19.1 Å². The van der Waals surface area contributed by atoms with Gasteiger partial charge in [-0.05, 0) is 6.42 Å². The van der Waals surface area contributed by atoms with E-state index in [4.69, 9.17) is 14.6 Å². The maximum atomic E-state index is 11.9. The van der Waals surface area contributed by atoms with Gasteiger partial charge in [0.05, 0.1) is 25.2 Å². The van der Waals surface area contributed by atoms with Gasteiger partial charge in [-0.25, -0.2) is 0 Å². The second-order valence-corrected chi connectivity index (χ2v) is 4.86. The summed E-state index contributed by atoms with van der Waals surface area (Å²) >= 11 is 0. The molecule has 0 spiro atoms. The molecule has 2 unspecified atom stereocenters.